The number of halogens is 2. The SMILES string of the molecule is C=CC(=O)OCCc1cc(-c2ccc(-c3ccccc3)c(F)c2F)ccc1OCCO. The second-order valence-electron chi connectivity index (χ2n) is 6.67. The summed E-state index contributed by atoms with van der Waals surface area (Å²) in [7, 11) is 0. The predicted molar refractivity (Wildman–Crippen MR) is 115 cm³/mol. The number of rotatable bonds is 9. The van der Waals surface area contributed by atoms with Gasteiger partial charge in [-0.25, -0.2) is 13.6 Å². The maximum Gasteiger partial charge on any atom is 0.330 e. The van der Waals surface area contributed by atoms with E-state index in [1.165, 1.54) is 6.07 Å². The van der Waals surface area contributed by atoms with Crippen molar-refractivity contribution in [2.75, 3.05) is 19.8 Å². The summed E-state index contributed by atoms with van der Waals surface area (Å²) < 4.78 is 40.3. The van der Waals surface area contributed by atoms with Crippen LogP contribution >= 0.6 is 0 Å². The molecule has 0 atom stereocenters. The van der Waals surface area contributed by atoms with Gasteiger partial charge in [-0.3, -0.25) is 0 Å². The minimum atomic E-state index is -0.950. The van der Waals surface area contributed by atoms with Crippen molar-refractivity contribution in [1.29, 1.82) is 0 Å². The molecule has 0 aromatic heterocycles. The average molecular weight is 424 g/mol. The summed E-state index contributed by atoms with van der Waals surface area (Å²) in [5, 5.41) is 9.02. The number of esters is 1. The predicted octanol–water partition coefficient (Wildman–Crippen LogP) is 4.94. The Bertz CT molecular complexity index is 1060. The third kappa shape index (κ3) is 5.35. The molecule has 6 heteroatoms. The second-order valence-corrected chi connectivity index (χ2v) is 6.67. The fraction of sp³-hybridized carbons (Fsp3) is 0.160. The summed E-state index contributed by atoms with van der Waals surface area (Å²) in [5.41, 5.74) is 1.96. The maximum atomic E-state index is 15.0. The van der Waals surface area contributed by atoms with E-state index >= 15 is 0 Å². The Hall–Kier alpha value is -3.51. The van der Waals surface area contributed by atoms with Gasteiger partial charge in [-0.15, -0.1) is 0 Å². The molecular weight excluding hydrogens is 402 g/mol. The van der Waals surface area contributed by atoms with Crippen molar-refractivity contribution in [2.45, 2.75) is 6.42 Å². The van der Waals surface area contributed by atoms with Gasteiger partial charge < -0.3 is 14.6 Å². The van der Waals surface area contributed by atoms with Crippen LogP contribution in [0.15, 0.2) is 73.3 Å². The van der Waals surface area contributed by atoms with Gasteiger partial charge in [-0.1, -0.05) is 55.1 Å². The van der Waals surface area contributed by atoms with E-state index in [0.717, 1.165) is 6.08 Å². The number of ether oxygens (including phenoxy) is 2. The Balaban J connectivity index is 1.94. The number of aliphatic hydroxyl groups excluding tert-OH is 1. The maximum absolute atomic E-state index is 15.0. The standard InChI is InChI=1S/C25H22F2O4/c1-2-23(29)31-14-12-19-16-18(8-11-22(19)30-15-13-28)21-10-9-20(24(26)25(21)27)17-6-4-3-5-7-17/h2-11,16,28H,1,12-15H2. The van der Waals surface area contributed by atoms with Crippen molar-refractivity contribution in [3.05, 3.63) is 90.5 Å². The minimum Gasteiger partial charge on any atom is -0.491 e. The zero-order valence-electron chi connectivity index (χ0n) is 16.8. The lowest BCUT2D eigenvalue weighted by atomic mass is 9.97. The Morgan fingerprint density at radius 1 is 0.935 bits per heavy atom. The summed E-state index contributed by atoms with van der Waals surface area (Å²) >= 11 is 0. The van der Waals surface area contributed by atoms with Crippen LogP contribution in [0.25, 0.3) is 22.3 Å². The van der Waals surface area contributed by atoms with Gasteiger partial charge in [-0.05, 0) is 28.8 Å². The molecule has 3 rings (SSSR count). The van der Waals surface area contributed by atoms with E-state index in [2.05, 4.69) is 6.58 Å². The lowest BCUT2D eigenvalue weighted by Gasteiger charge is -2.14. The highest BCUT2D eigenvalue weighted by Gasteiger charge is 2.17. The van der Waals surface area contributed by atoms with E-state index < -0.39 is 17.6 Å². The van der Waals surface area contributed by atoms with Crippen LogP contribution in [-0.4, -0.2) is 30.9 Å². The van der Waals surface area contributed by atoms with Gasteiger partial charge in [0.15, 0.2) is 11.6 Å². The fourth-order valence-electron chi connectivity index (χ4n) is 3.17. The molecule has 160 valence electrons. The van der Waals surface area contributed by atoms with Crippen LogP contribution in [0.1, 0.15) is 5.56 Å². The Morgan fingerprint density at radius 3 is 2.26 bits per heavy atom. The first-order chi connectivity index (χ1) is 15.0. The van der Waals surface area contributed by atoms with Crippen LogP contribution in [0.5, 0.6) is 5.75 Å². The summed E-state index contributed by atoms with van der Waals surface area (Å²) in [5.74, 6) is -1.96. The normalized spacial score (nSPS) is 10.5. The molecule has 0 fully saturated rings. The molecule has 0 aliphatic rings. The molecule has 3 aromatic carbocycles. The molecule has 3 aromatic rings. The van der Waals surface area contributed by atoms with Gasteiger partial charge in [0, 0.05) is 23.6 Å². The van der Waals surface area contributed by atoms with Crippen molar-refractivity contribution in [3.63, 3.8) is 0 Å². The Labute approximate surface area is 179 Å². The van der Waals surface area contributed by atoms with Crippen molar-refractivity contribution in [3.8, 4) is 28.0 Å². The smallest absolute Gasteiger partial charge is 0.330 e. The van der Waals surface area contributed by atoms with Crippen molar-refractivity contribution >= 4 is 5.97 Å². The molecule has 0 radical (unpaired) electrons. The van der Waals surface area contributed by atoms with Crippen molar-refractivity contribution in [2.24, 2.45) is 0 Å². The number of hydrogen-bond acceptors (Lipinski definition) is 4. The van der Waals surface area contributed by atoms with Crippen LogP contribution in [0.2, 0.25) is 0 Å². The number of aliphatic hydroxyl groups is 1. The zero-order valence-corrected chi connectivity index (χ0v) is 16.8. The molecule has 31 heavy (non-hydrogen) atoms. The fourth-order valence-corrected chi connectivity index (χ4v) is 3.17. The van der Waals surface area contributed by atoms with E-state index in [4.69, 9.17) is 14.6 Å². The summed E-state index contributed by atoms with van der Waals surface area (Å²) in [6.45, 7) is 3.31. The molecule has 0 unspecified atom stereocenters. The monoisotopic (exact) mass is 424 g/mol. The molecule has 0 amide bonds. The van der Waals surface area contributed by atoms with E-state index in [1.54, 1.807) is 54.6 Å². The number of carbonyl (C=O) groups excluding carboxylic acids is 1. The van der Waals surface area contributed by atoms with Crippen LogP contribution in [-0.2, 0) is 16.0 Å². The van der Waals surface area contributed by atoms with Crippen LogP contribution < -0.4 is 4.74 Å². The average Bonchev–Trinajstić information content (AvgIpc) is 2.80. The topological polar surface area (TPSA) is 55.8 Å². The highest BCUT2D eigenvalue weighted by molar-refractivity contribution is 5.81. The molecule has 0 aliphatic carbocycles. The van der Waals surface area contributed by atoms with Crippen molar-refractivity contribution in [1.82, 2.24) is 0 Å². The first-order valence-corrected chi connectivity index (χ1v) is 9.74. The summed E-state index contributed by atoms with van der Waals surface area (Å²) in [4.78, 5) is 11.3. The molecule has 4 nitrogen and oxygen atoms in total. The Kier molecular flexibility index (Phi) is 7.51. The van der Waals surface area contributed by atoms with Gasteiger partial charge in [0.05, 0.1) is 13.2 Å². The van der Waals surface area contributed by atoms with E-state index in [9.17, 15) is 13.6 Å². The first-order valence-electron chi connectivity index (χ1n) is 9.74. The third-order valence-electron chi connectivity index (χ3n) is 4.67. The van der Waals surface area contributed by atoms with E-state index in [-0.39, 0.29) is 30.9 Å². The molecular formula is C25H22F2O4. The van der Waals surface area contributed by atoms with Gasteiger partial charge in [0.1, 0.15) is 12.4 Å². The first kappa shape index (κ1) is 22.2. The van der Waals surface area contributed by atoms with Gasteiger partial charge >= 0.3 is 5.97 Å². The van der Waals surface area contributed by atoms with Gasteiger partial charge in [0.25, 0.3) is 0 Å². The quantitative estimate of drug-likeness (QED) is 0.390. The lowest BCUT2D eigenvalue weighted by Crippen LogP contribution is -2.08. The van der Waals surface area contributed by atoms with Gasteiger partial charge in [0.2, 0.25) is 0 Å². The molecule has 0 saturated heterocycles. The van der Waals surface area contributed by atoms with Crippen LogP contribution in [0, 0.1) is 11.6 Å². The van der Waals surface area contributed by atoms with Crippen LogP contribution in [0.4, 0.5) is 8.78 Å². The summed E-state index contributed by atoms with van der Waals surface area (Å²) in [6.07, 6.45) is 1.35. The molecule has 0 aliphatic heterocycles. The summed E-state index contributed by atoms with van der Waals surface area (Å²) in [6, 6.07) is 16.7. The minimum absolute atomic E-state index is 0.0631. The van der Waals surface area contributed by atoms with Crippen molar-refractivity contribution < 1.29 is 28.2 Å². The van der Waals surface area contributed by atoms with Crippen LogP contribution in [0.3, 0.4) is 0 Å². The highest BCUT2D eigenvalue weighted by Crippen LogP contribution is 2.33. The second kappa shape index (κ2) is 10.5. The zero-order chi connectivity index (χ0) is 22.2. The number of hydrogen-bond donors (Lipinski definition) is 1. The lowest BCUT2D eigenvalue weighted by molar-refractivity contribution is -0.137. The third-order valence-corrected chi connectivity index (χ3v) is 4.67. The Morgan fingerprint density at radius 2 is 1.61 bits per heavy atom. The molecule has 0 heterocycles. The van der Waals surface area contributed by atoms with Gasteiger partial charge in [-0.2, -0.15) is 0 Å². The molecule has 0 saturated carbocycles. The number of benzene rings is 3. The largest absolute Gasteiger partial charge is 0.491 e. The highest BCUT2D eigenvalue weighted by atomic mass is 19.2. The number of carbonyl (C=O) groups is 1. The van der Waals surface area contributed by atoms with E-state index in [0.29, 0.717) is 28.9 Å². The van der Waals surface area contributed by atoms with E-state index in [1.807, 2.05) is 0 Å². The molecule has 0 spiro atoms. The molecule has 1 N–H and O–H groups in total. The molecule has 0 bridgehead atoms.